The number of aliphatic hydroxyl groups is 1. The second kappa shape index (κ2) is 10.8. The van der Waals surface area contributed by atoms with Crippen LogP contribution in [0.1, 0.15) is 84.0 Å². The van der Waals surface area contributed by atoms with E-state index in [1.165, 1.54) is 12.8 Å². The summed E-state index contributed by atoms with van der Waals surface area (Å²) in [6.07, 6.45) is 18.4. The second-order valence-corrected chi connectivity index (χ2v) is 8.42. The molecule has 3 atom stereocenters. The molecule has 2 aliphatic carbocycles. The number of carboxylic acids is 1. The Morgan fingerprint density at radius 2 is 2.07 bits per heavy atom. The maximum atomic E-state index is 12.2. The highest BCUT2D eigenvalue weighted by Gasteiger charge is 2.41. The Hall–Kier alpha value is -1.42. The van der Waals surface area contributed by atoms with E-state index in [0.29, 0.717) is 18.6 Å². The van der Waals surface area contributed by atoms with Gasteiger partial charge in [-0.15, -0.1) is 0 Å². The van der Waals surface area contributed by atoms with Gasteiger partial charge in [0.2, 0.25) is 0 Å². The molecule has 4 heteroatoms. The third-order valence-electron chi connectivity index (χ3n) is 6.52. The van der Waals surface area contributed by atoms with Gasteiger partial charge in [-0.25, -0.2) is 0 Å². The summed E-state index contributed by atoms with van der Waals surface area (Å²) in [6.45, 7) is 2.19. The van der Waals surface area contributed by atoms with Gasteiger partial charge in [-0.2, -0.15) is 0 Å². The zero-order chi connectivity index (χ0) is 19.7. The van der Waals surface area contributed by atoms with Crippen LogP contribution in [0.5, 0.6) is 0 Å². The van der Waals surface area contributed by atoms with E-state index in [-0.39, 0.29) is 29.8 Å². The molecule has 0 amide bonds. The number of aliphatic hydroxyl groups excluding tert-OH is 1. The fourth-order valence-corrected chi connectivity index (χ4v) is 4.51. The van der Waals surface area contributed by atoms with Gasteiger partial charge < -0.3 is 10.2 Å². The first-order valence-electron chi connectivity index (χ1n) is 10.7. The first kappa shape index (κ1) is 21.9. The second-order valence-electron chi connectivity index (χ2n) is 8.42. The van der Waals surface area contributed by atoms with Crippen molar-refractivity contribution in [1.29, 1.82) is 0 Å². The standard InChI is InChI=1S/C23H36O4/c1-2-3-15-23(16-8-17-23)21(25)14-12-18-11-13-20(24)19(18)9-6-4-5-7-10-22(26)27/h4,6,12,14,18-19,21,25H,2-3,5,7-11,13,15-17H2,1H3,(H,26,27)/b6-4-,14-12+/t18?,19-,21-/m1/s1. The first-order chi connectivity index (χ1) is 13.0. The average Bonchev–Trinajstić information content (AvgIpc) is 2.95. The quantitative estimate of drug-likeness (QED) is 0.369. The van der Waals surface area contributed by atoms with Gasteiger partial charge in [0.1, 0.15) is 5.78 Å². The van der Waals surface area contributed by atoms with Gasteiger partial charge in [0.25, 0.3) is 0 Å². The lowest BCUT2D eigenvalue weighted by molar-refractivity contribution is -0.137. The largest absolute Gasteiger partial charge is 0.481 e. The third kappa shape index (κ3) is 6.31. The van der Waals surface area contributed by atoms with Crippen molar-refractivity contribution >= 4 is 11.8 Å². The molecule has 0 spiro atoms. The van der Waals surface area contributed by atoms with Crippen LogP contribution in [0.2, 0.25) is 0 Å². The third-order valence-corrected chi connectivity index (χ3v) is 6.52. The molecule has 0 aliphatic heterocycles. The summed E-state index contributed by atoms with van der Waals surface area (Å²) in [7, 11) is 0. The number of carbonyl (C=O) groups is 2. The van der Waals surface area contributed by atoms with E-state index in [0.717, 1.165) is 44.9 Å². The number of hydrogen-bond acceptors (Lipinski definition) is 3. The lowest BCUT2D eigenvalue weighted by atomic mass is 9.62. The summed E-state index contributed by atoms with van der Waals surface area (Å²) in [5.41, 5.74) is 0.0780. The topological polar surface area (TPSA) is 74.6 Å². The van der Waals surface area contributed by atoms with Crippen LogP contribution < -0.4 is 0 Å². The average molecular weight is 377 g/mol. The molecule has 2 N–H and O–H groups in total. The van der Waals surface area contributed by atoms with Crippen LogP contribution in [0.3, 0.4) is 0 Å². The molecule has 152 valence electrons. The summed E-state index contributed by atoms with van der Waals surface area (Å²) < 4.78 is 0. The Balaban J connectivity index is 1.84. The monoisotopic (exact) mass is 376 g/mol. The molecule has 0 saturated heterocycles. The lowest BCUT2D eigenvalue weighted by Gasteiger charge is -2.45. The molecule has 2 saturated carbocycles. The van der Waals surface area contributed by atoms with Crippen LogP contribution in [-0.4, -0.2) is 28.1 Å². The molecule has 0 radical (unpaired) electrons. The van der Waals surface area contributed by atoms with Crippen LogP contribution in [0.15, 0.2) is 24.3 Å². The van der Waals surface area contributed by atoms with Crippen molar-refractivity contribution in [2.75, 3.05) is 0 Å². The highest BCUT2D eigenvalue weighted by molar-refractivity contribution is 5.83. The van der Waals surface area contributed by atoms with Crippen LogP contribution in [-0.2, 0) is 9.59 Å². The van der Waals surface area contributed by atoms with E-state index in [2.05, 4.69) is 13.0 Å². The van der Waals surface area contributed by atoms with E-state index in [4.69, 9.17) is 5.11 Å². The molecular formula is C23H36O4. The van der Waals surface area contributed by atoms with Crippen molar-refractivity contribution < 1.29 is 19.8 Å². The molecule has 0 aromatic carbocycles. The normalized spacial score (nSPS) is 25.9. The van der Waals surface area contributed by atoms with Gasteiger partial charge in [-0.1, -0.05) is 50.5 Å². The van der Waals surface area contributed by atoms with E-state index in [1.807, 2.05) is 18.2 Å². The molecule has 1 unspecified atom stereocenters. The summed E-state index contributed by atoms with van der Waals surface area (Å²) in [4.78, 5) is 22.7. The number of ketones is 1. The summed E-state index contributed by atoms with van der Waals surface area (Å²) in [5.74, 6) is -0.212. The smallest absolute Gasteiger partial charge is 0.303 e. The van der Waals surface area contributed by atoms with Crippen molar-refractivity contribution in [3.05, 3.63) is 24.3 Å². The molecule has 4 nitrogen and oxygen atoms in total. The molecular weight excluding hydrogens is 340 g/mol. The molecule has 2 rings (SSSR count). The number of carbonyl (C=O) groups excluding carboxylic acids is 1. The molecule has 0 aromatic rings. The molecule has 2 fully saturated rings. The Bertz CT molecular complexity index is 545. The van der Waals surface area contributed by atoms with Crippen LogP contribution in [0.4, 0.5) is 0 Å². The number of hydrogen-bond donors (Lipinski definition) is 2. The van der Waals surface area contributed by atoms with Crippen LogP contribution in [0, 0.1) is 17.3 Å². The predicted molar refractivity (Wildman–Crippen MR) is 107 cm³/mol. The summed E-state index contributed by atoms with van der Waals surface area (Å²) >= 11 is 0. The maximum absolute atomic E-state index is 12.2. The van der Waals surface area contributed by atoms with Gasteiger partial charge in [0.15, 0.2) is 0 Å². The Morgan fingerprint density at radius 1 is 1.30 bits per heavy atom. The predicted octanol–water partition coefficient (Wildman–Crippen LogP) is 5.06. The molecule has 27 heavy (non-hydrogen) atoms. The fraction of sp³-hybridized carbons (Fsp3) is 0.739. The summed E-state index contributed by atoms with van der Waals surface area (Å²) in [6, 6.07) is 0. The number of aliphatic carboxylic acids is 1. The van der Waals surface area contributed by atoms with E-state index >= 15 is 0 Å². The molecule has 2 aliphatic rings. The maximum Gasteiger partial charge on any atom is 0.303 e. The number of rotatable bonds is 12. The van der Waals surface area contributed by atoms with E-state index < -0.39 is 5.97 Å². The zero-order valence-electron chi connectivity index (χ0n) is 16.7. The van der Waals surface area contributed by atoms with Crippen molar-refractivity contribution in [2.24, 2.45) is 17.3 Å². The Morgan fingerprint density at radius 3 is 2.70 bits per heavy atom. The van der Waals surface area contributed by atoms with Gasteiger partial charge in [-0.3, -0.25) is 9.59 Å². The highest BCUT2D eigenvalue weighted by atomic mass is 16.4. The minimum Gasteiger partial charge on any atom is -0.481 e. The van der Waals surface area contributed by atoms with Gasteiger partial charge in [-0.05, 0) is 56.3 Å². The van der Waals surface area contributed by atoms with Gasteiger partial charge in [0.05, 0.1) is 6.10 Å². The molecule has 0 bridgehead atoms. The van der Waals surface area contributed by atoms with Crippen molar-refractivity contribution in [3.8, 4) is 0 Å². The lowest BCUT2D eigenvalue weighted by Crippen LogP contribution is -2.40. The number of carboxylic acid groups (broad SMARTS) is 1. The number of allylic oxidation sites excluding steroid dienone is 3. The van der Waals surface area contributed by atoms with E-state index in [9.17, 15) is 14.7 Å². The van der Waals surface area contributed by atoms with Crippen molar-refractivity contribution in [3.63, 3.8) is 0 Å². The van der Waals surface area contributed by atoms with Crippen LogP contribution in [0.25, 0.3) is 0 Å². The summed E-state index contributed by atoms with van der Waals surface area (Å²) in [5, 5.41) is 19.4. The Labute approximate surface area is 163 Å². The first-order valence-corrected chi connectivity index (χ1v) is 10.7. The molecule has 0 heterocycles. The van der Waals surface area contributed by atoms with E-state index in [1.54, 1.807) is 0 Å². The van der Waals surface area contributed by atoms with Crippen LogP contribution >= 0.6 is 0 Å². The minimum atomic E-state index is -0.763. The highest BCUT2D eigenvalue weighted by Crippen LogP contribution is 2.48. The van der Waals surface area contributed by atoms with Gasteiger partial charge >= 0.3 is 5.97 Å². The Kier molecular flexibility index (Phi) is 8.75. The minimum absolute atomic E-state index is 0.0113. The molecule has 0 aromatic heterocycles. The van der Waals surface area contributed by atoms with Gasteiger partial charge in [0, 0.05) is 18.8 Å². The SMILES string of the molecule is CCCCC1([C@H](O)/C=C/C2CCC(=O)[C@@H]2C/C=C\CCCC(=O)O)CCC1. The van der Waals surface area contributed by atoms with Crippen molar-refractivity contribution in [1.82, 2.24) is 0 Å². The zero-order valence-corrected chi connectivity index (χ0v) is 16.7. The number of Topliss-reactive ketones (excluding diaryl/α,β-unsaturated/α-hetero) is 1. The van der Waals surface area contributed by atoms with Crippen molar-refractivity contribution in [2.45, 2.75) is 90.1 Å². The fourth-order valence-electron chi connectivity index (χ4n) is 4.51. The number of unbranched alkanes of at least 4 members (excludes halogenated alkanes) is 2.